The number of hydrogen-bond acceptors (Lipinski definition) is 3. The molecule has 1 atom stereocenters. The molecule has 4 nitrogen and oxygen atoms in total. The van der Waals surface area contributed by atoms with Gasteiger partial charge in [-0.2, -0.15) is 0 Å². The predicted octanol–water partition coefficient (Wildman–Crippen LogP) is 1.39. The van der Waals surface area contributed by atoms with Crippen molar-refractivity contribution in [2.75, 3.05) is 6.54 Å². The fraction of sp³-hybridized carbons (Fsp3) is 0.538. The molecule has 1 aromatic heterocycles. The summed E-state index contributed by atoms with van der Waals surface area (Å²) in [5, 5.41) is 3.01. The first-order valence-electron chi connectivity index (χ1n) is 6.10. The van der Waals surface area contributed by atoms with Gasteiger partial charge >= 0.3 is 0 Å². The average molecular weight is 233 g/mol. The summed E-state index contributed by atoms with van der Waals surface area (Å²) in [6.07, 6.45) is 4.65. The minimum Gasteiger partial charge on any atom is -0.347 e. The van der Waals surface area contributed by atoms with Crippen molar-refractivity contribution in [3.05, 3.63) is 30.1 Å². The van der Waals surface area contributed by atoms with Crippen LogP contribution in [0.3, 0.4) is 0 Å². The molecule has 4 heteroatoms. The Hall–Kier alpha value is -1.42. The summed E-state index contributed by atoms with van der Waals surface area (Å²) in [4.78, 5) is 16.4. The Balaban J connectivity index is 1.99. The van der Waals surface area contributed by atoms with Crippen LogP contribution in [0.1, 0.15) is 37.9 Å². The smallest absolute Gasteiger partial charge is 0.228 e. The molecular weight excluding hydrogens is 214 g/mol. The van der Waals surface area contributed by atoms with Gasteiger partial charge in [-0.3, -0.25) is 9.78 Å². The first kappa shape index (κ1) is 12.0. The molecule has 92 valence electrons. The van der Waals surface area contributed by atoms with Crippen molar-refractivity contribution in [2.45, 2.75) is 32.2 Å². The standard InChI is InChI=1S/C13H19N3O/c1-10(11-5-2-3-8-15-11)16-12(17)13(9-14)6-4-7-13/h2-3,5,8,10H,4,6-7,9,14H2,1H3,(H,16,17). The van der Waals surface area contributed by atoms with E-state index in [0.717, 1.165) is 25.0 Å². The van der Waals surface area contributed by atoms with Crippen LogP contribution in [0.2, 0.25) is 0 Å². The second-order valence-corrected chi connectivity index (χ2v) is 4.79. The van der Waals surface area contributed by atoms with Gasteiger partial charge in [0.1, 0.15) is 0 Å². The van der Waals surface area contributed by atoms with Crippen molar-refractivity contribution < 1.29 is 4.79 Å². The lowest BCUT2D eigenvalue weighted by Gasteiger charge is -2.39. The number of aromatic nitrogens is 1. The van der Waals surface area contributed by atoms with E-state index in [-0.39, 0.29) is 17.4 Å². The van der Waals surface area contributed by atoms with Gasteiger partial charge in [0.05, 0.1) is 17.2 Å². The van der Waals surface area contributed by atoms with Crippen molar-refractivity contribution in [3.63, 3.8) is 0 Å². The maximum Gasteiger partial charge on any atom is 0.228 e. The number of carbonyl (C=O) groups excluding carboxylic acids is 1. The van der Waals surface area contributed by atoms with E-state index in [0.29, 0.717) is 6.54 Å². The summed E-state index contributed by atoms with van der Waals surface area (Å²) in [6, 6.07) is 5.65. The van der Waals surface area contributed by atoms with Crippen LogP contribution in [-0.2, 0) is 4.79 Å². The first-order valence-corrected chi connectivity index (χ1v) is 6.10. The molecule has 1 aromatic rings. The molecule has 0 aliphatic heterocycles. The molecule has 1 fully saturated rings. The van der Waals surface area contributed by atoms with Crippen LogP contribution >= 0.6 is 0 Å². The van der Waals surface area contributed by atoms with Crippen molar-refractivity contribution in [1.82, 2.24) is 10.3 Å². The highest BCUT2D eigenvalue weighted by molar-refractivity contribution is 5.84. The molecule has 17 heavy (non-hydrogen) atoms. The molecule has 2 rings (SSSR count). The van der Waals surface area contributed by atoms with Gasteiger partial charge < -0.3 is 11.1 Å². The Labute approximate surface area is 102 Å². The van der Waals surface area contributed by atoms with Crippen molar-refractivity contribution in [3.8, 4) is 0 Å². The lowest BCUT2D eigenvalue weighted by molar-refractivity contribution is -0.135. The second-order valence-electron chi connectivity index (χ2n) is 4.79. The van der Waals surface area contributed by atoms with E-state index in [2.05, 4.69) is 10.3 Å². The highest BCUT2D eigenvalue weighted by atomic mass is 16.2. The molecule has 1 heterocycles. The Morgan fingerprint density at radius 3 is 2.82 bits per heavy atom. The molecule has 1 saturated carbocycles. The third-order valence-electron chi connectivity index (χ3n) is 3.66. The maximum atomic E-state index is 12.1. The Morgan fingerprint density at radius 1 is 1.59 bits per heavy atom. The molecule has 1 aliphatic carbocycles. The Morgan fingerprint density at radius 2 is 2.35 bits per heavy atom. The molecule has 0 bridgehead atoms. The van der Waals surface area contributed by atoms with E-state index in [9.17, 15) is 4.79 Å². The van der Waals surface area contributed by atoms with E-state index in [4.69, 9.17) is 5.73 Å². The van der Waals surface area contributed by atoms with E-state index < -0.39 is 0 Å². The summed E-state index contributed by atoms with van der Waals surface area (Å²) >= 11 is 0. The monoisotopic (exact) mass is 233 g/mol. The normalized spacial score (nSPS) is 19.2. The molecule has 3 N–H and O–H groups in total. The number of rotatable bonds is 4. The van der Waals surface area contributed by atoms with Gasteiger partial charge in [0.2, 0.25) is 5.91 Å². The van der Waals surface area contributed by atoms with Gasteiger partial charge in [-0.1, -0.05) is 12.5 Å². The van der Waals surface area contributed by atoms with Crippen molar-refractivity contribution in [2.24, 2.45) is 11.1 Å². The van der Waals surface area contributed by atoms with Gasteiger partial charge in [-0.05, 0) is 31.9 Å². The number of carbonyl (C=O) groups is 1. The molecule has 1 unspecified atom stereocenters. The fourth-order valence-corrected chi connectivity index (χ4v) is 2.18. The van der Waals surface area contributed by atoms with E-state index >= 15 is 0 Å². The van der Waals surface area contributed by atoms with Crippen LogP contribution < -0.4 is 11.1 Å². The summed E-state index contributed by atoms with van der Waals surface area (Å²) in [7, 11) is 0. The van der Waals surface area contributed by atoms with Crippen LogP contribution in [-0.4, -0.2) is 17.4 Å². The average Bonchev–Trinajstić information content (AvgIpc) is 2.29. The van der Waals surface area contributed by atoms with E-state index in [1.54, 1.807) is 6.20 Å². The molecule has 1 aliphatic rings. The summed E-state index contributed by atoms with van der Waals surface area (Å²) in [5.74, 6) is 0.0735. The maximum absolute atomic E-state index is 12.1. The second kappa shape index (κ2) is 4.84. The Kier molecular flexibility index (Phi) is 3.43. The summed E-state index contributed by atoms with van der Waals surface area (Å²) in [6.45, 7) is 2.39. The Bertz CT molecular complexity index is 381. The van der Waals surface area contributed by atoms with Crippen LogP contribution in [0.4, 0.5) is 0 Å². The highest BCUT2D eigenvalue weighted by Crippen LogP contribution is 2.40. The number of pyridine rings is 1. The number of hydrogen-bond donors (Lipinski definition) is 2. The molecule has 1 amide bonds. The van der Waals surface area contributed by atoms with Crippen molar-refractivity contribution in [1.29, 1.82) is 0 Å². The van der Waals surface area contributed by atoms with Gasteiger partial charge in [0.25, 0.3) is 0 Å². The zero-order valence-corrected chi connectivity index (χ0v) is 10.1. The molecular formula is C13H19N3O. The number of amides is 1. The summed E-state index contributed by atoms with van der Waals surface area (Å²) in [5.41, 5.74) is 6.27. The van der Waals surface area contributed by atoms with Crippen LogP contribution in [0.25, 0.3) is 0 Å². The first-order chi connectivity index (χ1) is 8.18. The topological polar surface area (TPSA) is 68.0 Å². The lowest BCUT2D eigenvalue weighted by atomic mass is 9.68. The summed E-state index contributed by atoms with van der Waals surface area (Å²) < 4.78 is 0. The zero-order valence-electron chi connectivity index (χ0n) is 10.1. The van der Waals surface area contributed by atoms with Gasteiger partial charge in [0.15, 0.2) is 0 Å². The van der Waals surface area contributed by atoms with Gasteiger partial charge in [-0.15, -0.1) is 0 Å². The number of nitrogens with zero attached hydrogens (tertiary/aromatic N) is 1. The fourth-order valence-electron chi connectivity index (χ4n) is 2.18. The van der Waals surface area contributed by atoms with Gasteiger partial charge in [0, 0.05) is 12.7 Å². The SMILES string of the molecule is CC(NC(=O)C1(CN)CCC1)c1ccccn1. The minimum absolute atomic E-state index is 0.0623. The molecule has 0 aromatic carbocycles. The van der Waals surface area contributed by atoms with Crippen LogP contribution in [0.5, 0.6) is 0 Å². The van der Waals surface area contributed by atoms with E-state index in [1.165, 1.54) is 0 Å². The van der Waals surface area contributed by atoms with Gasteiger partial charge in [-0.25, -0.2) is 0 Å². The predicted molar refractivity (Wildman–Crippen MR) is 66.1 cm³/mol. The zero-order chi connectivity index (χ0) is 12.3. The largest absolute Gasteiger partial charge is 0.347 e. The molecule has 0 spiro atoms. The quantitative estimate of drug-likeness (QED) is 0.825. The lowest BCUT2D eigenvalue weighted by Crippen LogP contribution is -2.50. The van der Waals surface area contributed by atoms with Crippen LogP contribution in [0.15, 0.2) is 24.4 Å². The minimum atomic E-state index is -0.316. The third-order valence-corrected chi connectivity index (χ3v) is 3.66. The van der Waals surface area contributed by atoms with Crippen LogP contribution in [0, 0.1) is 5.41 Å². The number of nitrogens with two attached hydrogens (primary N) is 1. The molecule has 0 saturated heterocycles. The van der Waals surface area contributed by atoms with Crippen molar-refractivity contribution >= 4 is 5.91 Å². The highest BCUT2D eigenvalue weighted by Gasteiger charge is 2.43. The molecule has 0 radical (unpaired) electrons. The van der Waals surface area contributed by atoms with E-state index in [1.807, 2.05) is 25.1 Å². The number of nitrogens with one attached hydrogen (secondary N) is 1. The third kappa shape index (κ3) is 2.31.